The average Bonchev–Trinajstić information content (AvgIpc) is 2.37. The number of rotatable bonds is 4. The van der Waals surface area contributed by atoms with Gasteiger partial charge in [-0.05, 0) is 29.3 Å². The van der Waals surface area contributed by atoms with Crippen molar-refractivity contribution in [2.75, 3.05) is 6.26 Å². The summed E-state index contributed by atoms with van der Waals surface area (Å²) in [7, 11) is -3.45. The Bertz CT molecular complexity index is 793. The van der Waals surface area contributed by atoms with Crippen molar-refractivity contribution in [3.8, 4) is 16.9 Å². The molecule has 0 saturated heterocycles. The zero-order valence-electron chi connectivity index (χ0n) is 11.3. The number of phenolic OH excluding ortho intramolecular Hbond substituents is 1. The fourth-order valence-corrected chi connectivity index (χ4v) is 3.07. The third-order valence-corrected chi connectivity index (χ3v) is 4.16. The van der Waals surface area contributed by atoms with Crippen molar-refractivity contribution in [1.29, 1.82) is 0 Å². The van der Waals surface area contributed by atoms with E-state index in [9.17, 15) is 18.3 Å². The van der Waals surface area contributed by atoms with Crippen molar-refractivity contribution in [1.82, 2.24) is 0 Å². The Morgan fingerprint density at radius 2 is 1.76 bits per heavy atom. The minimum atomic E-state index is -3.45. The summed E-state index contributed by atoms with van der Waals surface area (Å²) in [5.74, 6) is -1.12. The van der Waals surface area contributed by atoms with E-state index in [0.29, 0.717) is 16.7 Å². The summed E-state index contributed by atoms with van der Waals surface area (Å²) in [6, 6.07) is 10.6. The lowest BCUT2D eigenvalue weighted by molar-refractivity contribution is -0.136. The maximum absolute atomic E-state index is 11.9. The highest BCUT2D eigenvalue weighted by atomic mass is 32.2. The lowest BCUT2D eigenvalue weighted by atomic mass is 9.97. The van der Waals surface area contributed by atoms with Gasteiger partial charge >= 0.3 is 5.97 Å². The highest BCUT2D eigenvalue weighted by molar-refractivity contribution is 7.90. The van der Waals surface area contributed by atoms with Crippen LogP contribution in [0.15, 0.2) is 47.4 Å². The molecule has 0 radical (unpaired) electrons. The number of sulfone groups is 1. The zero-order chi connectivity index (χ0) is 15.6. The molecule has 0 bridgehead atoms. The van der Waals surface area contributed by atoms with Gasteiger partial charge in [-0.3, -0.25) is 4.79 Å². The molecule has 0 amide bonds. The van der Waals surface area contributed by atoms with Gasteiger partial charge in [0.25, 0.3) is 0 Å². The van der Waals surface area contributed by atoms with Gasteiger partial charge in [0.15, 0.2) is 9.84 Å². The normalized spacial score (nSPS) is 11.3. The van der Waals surface area contributed by atoms with E-state index in [1.807, 2.05) is 0 Å². The van der Waals surface area contributed by atoms with Gasteiger partial charge < -0.3 is 10.2 Å². The molecule has 0 spiro atoms. The highest BCUT2D eigenvalue weighted by Gasteiger charge is 2.17. The standard InChI is InChI=1S/C15H14O5S/c1-21(19,20)14-5-3-2-4-13(14)12-7-6-11(16)8-10(12)9-15(17)18/h2-8,16H,9H2,1H3,(H,17,18). The van der Waals surface area contributed by atoms with E-state index in [-0.39, 0.29) is 17.1 Å². The lowest BCUT2D eigenvalue weighted by Gasteiger charge is -2.12. The van der Waals surface area contributed by atoms with Gasteiger partial charge in [-0.1, -0.05) is 24.3 Å². The fourth-order valence-electron chi connectivity index (χ4n) is 2.16. The Hall–Kier alpha value is -2.34. The number of carboxylic acids is 1. The second-order valence-electron chi connectivity index (χ2n) is 4.68. The topological polar surface area (TPSA) is 91.7 Å². The average molecular weight is 306 g/mol. The highest BCUT2D eigenvalue weighted by Crippen LogP contribution is 2.32. The zero-order valence-corrected chi connectivity index (χ0v) is 12.1. The van der Waals surface area contributed by atoms with Gasteiger partial charge in [-0.2, -0.15) is 0 Å². The minimum absolute atomic E-state index is 0.0631. The molecule has 21 heavy (non-hydrogen) atoms. The molecule has 2 rings (SSSR count). The van der Waals surface area contributed by atoms with Crippen LogP contribution >= 0.6 is 0 Å². The quantitative estimate of drug-likeness (QED) is 0.902. The van der Waals surface area contributed by atoms with Crippen LogP contribution in [0.5, 0.6) is 5.75 Å². The number of aliphatic carboxylic acids is 1. The van der Waals surface area contributed by atoms with Crippen molar-refractivity contribution in [3.63, 3.8) is 0 Å². The first-order valence-corrected chi connectivity index (χ1v) is 8.01. The lowest BCUT2D eigenvalue weighted by Crippen LogP contribution is -2.04. The van der Waals surface area contributed by atoms with Crippen molar-refractivity contribution in [2.45, 2.75) is 11.3 Å². The van der Waals surface area contributed by atoms with Crippen LogP contribution < -0.4 is 0 Å². The smallest absolute Gasteiger partial charge is 0.307 e. The summed E-state index contributed by atoms with van der Waals surface area (Å²) >= 11 is 0. The minimum Gasteiger partial charge on any atom is -0.508 e. The fraction of sp³-hybridized carbons (Fsp3) is 0.133. The van der Waals surface area contributed by atoms with E-state index >= 15 is 0 Å². The Labute approximate surface area is 122 Å². The van der Waals surface area contributed by atoms with Gasteiger partial charge in [0, 0.05) is 11.8 Å². The first-order valence-electron chi connectivity index (χ1n) is 6.12. The molecule has 5 nitrogen and oxygen atoms in total. The first kappa shape index (κ1) is 15.1. The molecule has 0 aliphatic carbocycles. The van der Waals surface area contributed by atoms with E-state index in [1.54, 1.807) is 18.2 Å². The van der Waals surface area contributed by atoms with Gasteiger partial charge in [0.1, 0.15) is 5.75 Å². The Morgan fingerprint density at radius 1 is 1.10 bits per heavy atom. The Kier molecular flexibility index (Phi) is 3.99. The predicted molar refractivity (Wildman–Crippen MR) is 78.0 cm³/mol. The molecule has 0 fully saturated rings. The van der Waals surface area contributed by atoms with Crippen LogP contribution in [0.3, 0.4) is 0 Å². The van der Waals surface area contributed by atoms with Gasteiger partial charge in [0.05, 0.1) is 11.3 Å². The summed E-state index contributed by atoms with van der Waals surface area (Å²) in [5, 5.41) is 18.5. The van der Waals surface area contributed by atoms with Crippen LogP contribution in [0.2, 0.25) is 0 Å². The number of phenols is 1. The Morgan fingerprint density at radius 3 is 2.38 bits per heavy atom. The number of aromatic hydroxyl groups is 1. The van der Waals surface area contributed by atoms with E-state index in [1.165, 1.54) is 24.3 Å². The van der Waals surface area contributed by atoms with Crippen LogP contribution in [-0.2, 0) is 21.1 Å². The van der Waals surface area contributed by atoms with E-state index in [2.05, 4.69) is 0 Å². The van der Waals surface area contributed by atoms with Crippen LogP contribution in [0.25, 0.3) is 11.1 Å². The van der Waals surface area contributed by atoms with Crippen molar-refractivity contribution >= 4 is 15.8 Å². The van der Waals surface area contributed by atoms with E-state index in [4.69, 9.17) is 5.11 Å². The molecular weight excluding hydrogens is 292 g/mol. The molecule has 0 heterocycles. The summed E-state index contributed by atoms with van der Waals surface area (Å²) in [6.45, 7) is 0. The SMILES string of the molecule is CS(=O)(=O)c1ccccc1-c1ccc(O)cc1CC(=O)O. The number of carbonyl (C=O) groups is 1. The van der Waals surface area contributed by atoms with Crippen molar-refractivity contribution in [3.05, 3.63) is 48.0 Å². The van der Waals surface area contributed by atoms with Crippen molar-refractivity contribution in [2.24, 2.45) is 0 Å². The number of benzene rings is 2. The predicted octanol–water partition coefficient (Wildman–Crippen LogP) is 2.09. The molecule has 0 aromatic heterocycles. The third-order valence-electron chi connectivity index (χ3n) is 3.01. The van der Waals surface area contributed by atoms with E-state index in [0.717, 1.165) is 6.26 Å². The first-order chi connectivity index (χ1) is 9.79. The maximum atomic E-state index is 11.9. The largest absolute Gasteiger partial charge is 0.508 e. The van der Waals surface area contributed by atoms with Gasteiger partial charge in [-0.25, -0.2) is 8.42 Å². The number of hydrogen-bond donors (Lipinski definition) is 2. The maximum Gasteiger partial charge on any atom is 0.307 e. The molecule has 2 aromatic rings. The molecule has 0 saturated carbocycles. The van der Waals surface area contributed by atoms with Crippen LogP contribution in [0.1, 0.15) is 5.56 Å². The third kappa shape index (κ3) is 3.41. The monoisotopic (exact) mass is 306 g/mol. The molecule has 0 atom stereocenters. The second kappa shape index (κ2) is 5.57. The summed E-state index contributed by atoms with van der Waals surface area (Å²) in [4.78, 5) is 11.1. The molecule has 110 valence electrons. The van der Waals surface area contributed by atoms with Crippen molar-refractivity contribution < 1.29 is 23.4 Å². The van der Waals surface area contributed by atoms with Gasteiger partial charge in [-0.15, -0.1) is 0 Å². The summed E-state index contributed by atoms with van der Waals surface area (Å²) < 4.78 is 23.7. The molecule has 2 aromatic carbocycles. The summed E-state index contributed by atoms with van der Waals surface area (Å²) in [6.07, 6.45) is 0.797. The van der Waals surface area contributed by atoms with E-state index < -0.39 is 15.8 Å². The number of carboxylic acid groups (broad SMARTS) is 1. The Balaban J connectivity index is 2.71. The molecule has 2 N–H and O–H groups in total. The second-order valence-corrected chi connectivity index (χ2v) is 6.66. The van der Waals surface area contributed by atoms with Crippen LogP contribution in [0.4, 0.5) is 0 Å². The summed E-state index contributed by atoms with van der Waals surface area (Å²) in [5.41, 5.74) is 1.27. The van der Waals surface area contributed by atoms with Crippen LogP contribution in [0, 0.1) is 0 Å². The van der Waals surface area contributed by atoms with Gasteiger partial charge in [0.2, 0.25) is 0 Å². The van der Waals surface area contributed by atoms with Crippen LogP contribution in [-0.4, -0.2) is 30.9 Å². The number of hydrogen-bond acceptors (Lipinski definition) is 4. The molecule has 6 heteroatoms. The molecule has 0 aliphatic heterocycles. The molecule has 0 unspecified atom stereocenters. The molecule has 0 aliphatic rings. The molecular formula is C15H14O5S.